The number of hydrogen-bond acceptors (Lipinski definition) is 5. The molecule has 2 fully saturated rings. The Labute approximate surface area is 215 Å². The van der Waals surface area contributed by atoms with Crippen LogP contribution in [0.3, 0.4) is 0 Å². The van der Waals surface area contributed by atoms with Crippen molar-refractivity contribution in [2.24, 2.45) is 0 Å². The van der Waals surface area contributed by atoms with Gasteiger partial charge in [0.2, 0.25) is 0 Å². The Morgan fingerprint density at radius 1 is 1.31 bits per heavy atom. The van der Waals surface area contributed by atoms with E-state index in [1.54, 1.807) is 13.0 Å². The monoisotopic (exact) mass is 521 g/mol. The van der Waals surface area contributed by atoms with E-state index in [-0.39, 0.29) is 33.7 Å². The van der Waals surface area contributed by atoms with Crippen LogP contribution in [0.2, 0.25) is 10.0 Å². The van der Waals surface area contributed by atoms with Crippen molar-refractivity contribution in [2.75, 3.05) is 31.9 Å². The van der Waals surface area contributed by atoms with Crippen LogP contribution in [0, 0.1) is 5.82 Å². The van der Waals surface area contributed by atoms with Gasteiger partial charge in [0, 0.05) is 47.2 Å². The number of likely N-dealkylation sites (tertiary alicyclic amines) is 2. The molecule has 1 unspecified atom stereocenters. The molecule has 0 radical (unpaired) electrons. The number of ether oxygens (including phenoxy) is 1. The number of hydrogen-bond donors (Lipinski definition) is 2. The molecular weight excluding hydrogens is 492 g/mol. The van der Waals surface area contributed by atoms with Crippen molar-refractivity contribution in [3.63, 3.8) is 0 Å². The van der Waals surface area contributed by atoms with E-state index in [0.717, 1.165) is 39.0 Å². The number of rotatable bonds is 7. The first-order valence-electron chi connectivity index (χ1n) is 11.8. The van der Waals surface area contributed by atoms with Crippen molar-refractivity contribution in [3.8, 4) is 5.75 Å². The van der Waals surface area contributed by atoms with E-state index in [0.29, 0.717) is 16.8 Å². The van der Waals surface area contributed by atoms with E-state index in [1.165, 1.54) is 31.2 Å². The highest BCUT2D eigenvalue weighted by Gasteiger charge is 2.31. The standard InChI is InChI=1S/C25H30Cl2FN5O2/c1-15(31-25(34)33-11-5-6-18(33)14-32-9-3-4-10-32)17-12-21(24(29)30-13-17)35-16(2)22-19(26)7-8-20(28)23(22)27/h7-8,12-13,16,18H,1,3-6,9-11,14H2,2H3,(H2,29,30)(H,31,34)/t16?,18-/m1/s1. The van der Waals surface area contributed by atoms with Crippen molar-refractivity contribution >= 4 is 40.7 Å². The van der Waals surface area contributed by atoms with Gasteiger partial charge in [0.1, 0.15) is 11.9 Å². The first-order valence-corrected chi connectivity index (χ1v) is 12.5. The first kappa shape index (κ1) is 25.5. The fourth-order valence-corrected chi connectivity index (χ4v) is 5.39. The highest BCUT2D eigenvalue weighted by Crippen LogP contribution is 2.36. The number of pyridine rings is 1. The van der Waals surface area contributed by atoms with Crippen LogP contribution >= 0.6 is 23.2 Å². The molecule has 1 aromatic carbocycles. The van der Waals surface area contributed by atoms with Crippen LogP contribution in [0.4, 0.5) is 15.0 Å². The molecule has 1 aromatic heterocycles. The number of nitrogen functional groups attached to an aromatic ring is 1. The Bertz CT molecular complexity index is 1110. The van der Waals surface area contributed by atoms with Gasteiger partial charge in [0.05, 0.1) is 5.02 Å². The number of benzene rings is 1. The highest BCUT2D eigenvalue weighted by molar-refractivity contribution is 6.36. The zero-order valence-electron chi connectivity index (χ0n) is 19.7. The maximum Gasteiger partial charge on any atom is 0.322 e. The second-order valence-corrected chi connectivity index (χ2v) is 9.82. The molecule has 7 nitrogen and oxygen atoms in total. The number of nitrogens with two attached hydrogens (primary N) is 1. The maximum absolute atomic E-state index is 14.0. The highest BCUT2D eigenvalue weighted by atomic mass is 35.5. The fraction of sp³-hybridized carbons (Fsp3) is 0.440. The molecule has 2 atom stereocenters. The van der Waals surface area contributed by atoms with Gasteiger partial charge < -0.3 is 25.6 Å². The quantitative estimate of drug-likeness (QED) is 0.470. The summed E-state index contributed by atoms with van der Waals surface area (Å²) in [5, 5.41) is 3.06. The lowest BCUT2D eigenvalue weighted by Crippen LogP contribution is -2.46. The molecular formula is C25H30Cl2FN5O2. The Balaban J connectivity index is 1.44. The van der Waals surface area contributed by atoms with Gasteiger partial charge in [-0.3, -0.25) is 0 Å². The average Bonchev–Trinajstić information content (AvgIpc) is 3.50. The third kappa shape index (κ3) is 5.82. The average molecular weight is 522 g/mol. The van der Waals surface area contributed by atoms with Crippen molar-refractivity contribution in [3.05, 3.63) is 58.0 Å². The lowest BCUT2D eigenvalue weighted by atomic mass is 10.1. The molecule has 3 heterocycles. The summed E-state index contributed by atoms with van der Waals surface area (Å²) in [6.07, 6.45) is 5.25. The minimum Gasteiger partial charge on any atom is -0.482 e. The van der Waals surface area contributed by atoms with Gasteiger partial charge in [-0.15, -0.1) is 0 Å². The van der Waals surface area contributed by atoms with Crippen LogP contribution in [0.25, 0.3) is 5.70 Å². The third-order valence-corrected chi connectivity index (χ3v) is 7.30. The van der Waals surface area contributed by atoms with E-state index >= 15 is 0 Å². The van der Waals surface area contributed by atoms with Crippen LogP contribution in [0.1, 0.15) is 49.8 Å². The summed E-state index contributed by atoms with van der Waals surface area (Å²) < 4.78 is 19.9. The molecule has 2 saturated heterocycles. The number of nitrogens with one attached hydrogen (secondary N) is 1. The first-order chi connectivity index (χ1) is 16.7. The second-order valence-electron chi connectivity index (χ2n) is 9.03. The third-order valence-electron chi connectivity index (χ3n) is 6.58. The summed E-state index contributed by atoms with van der Waals surface area (Å²) in [6, 6.07) is 4.27. The van der Waals surface area contributed by atoms with Crippen LogP contribution in [-0.4, -0.2) is 53.0 Å². The summed E-state index contributed by atoms with van der Waals surface area (Å²) >= 11 is 12.3. The Morgan fingerprint density at radius 2 is 2.06 bits per heavy atom. The van der Waals surface area contributed by atoms with Gasteiger partial charge in [0.15, 0.2) is 11.6 Å². The van der Waals surface area contributed by atoms with Gasteiger partial charge in [0.25, 0.3) is 0 Å². The number of urea groups is 1. The number of halogens is 3. The molecule has 35 heavy (non-hydrogen) atoms. The molecule has 4 rings (SSSR count). The predicted octanol–water partition coefficient (Wildman–Crippen LogP) is 5.49. The number of amides is 2. The molecule has 0 aliphatic carbocycles. The molecule has 2 aromatic rings. The van der Waals surface area contributed by atoms with E-state index in [2.05, 4.69) is 21.8 Å². The van der Waals surface area contributed by atoms with Crippen molar-refractivity contribution in [1.82, 2.24) is 20.1 Å². The Kier molecular flexibility index (Phi) is 8.04. The Hall–Kier alpha value is -2.55. The topological polar surface area (TPSA) is 83.7 Å². The van der Waals surface area contributed by atoms with Gasteiger partial charge in [-0.25, -0.2) is 14.2 Å². The van der Waals surface area contributed by atoms with Crippen molar-refractivity contribution < 1.29 is 13.9 Å². The van der Waals surface area contributed by atoms with Crippen molar-refractivity contribution in [1.29, 1.82) is 0 Å². The van der Waals surface area contributed by atoms with E-state index in [1.807, 2.05) is 4.90 Å². The Morgan fingerprint density at radius 3 is 2.80 bits per heavy atom. The lowest BCUT2D eigenvalue weighted by Gasteiger charge is -2.29. The lowest BCUT2D eigenvalue weighted by molar-refractivity contribution is 0.178. The van der Waals surface area contributed by atoms with Gasteiger partial charge >= 0.3 is 6.03 Å². The number of aromatic nitrogens is 1. The number of nitrogens with zero attached hydrogens (tertiary/aromatic N) is 3. The van der Waals surface area contributed by atoms with Crippen LogP contribution in [-0.2, 0) is 0 Å². The minimum atomic E-state index is -0.705. The normalized spacial score (nSPS) is 19.1. The van der Waals surface area contributed by atoms with E-state index < -0.39 is 11.9 Å². The summed E-state index contributed by atoms with van der Waals surface area (Å²) in [6.45, 7) is 9.53. The SMILES string of the molecule is C=C(NC(=O)N1CCC[C@@H]1CN1CCCC1)c1cnc(N)c(OC(C)c2c(Cl)ccc(F)c2Cl)c1. The molecule has 0 saturated carbocycles. The summed E-state index contributed by atoms with van der Waals surface area (Å²) in [7, 11) is 0. The number of anilines is 1. The smallest absolute Gasteiger partial charge is 0.322 e. The summed E-state index contributed by atoms with van der Waals surface area (Å²) in [5.74, 6) is -0.217. The van der Waals surface area contributed by atoms with E-state index in [9.17, 15) is 9.18 Å². The largest absolute Gasteiger partial charge is 0.482 e. The molecule has 2 aliphatic rings. The van der Waals surface area contributed by atoms with E-state index in [4.69, 9.17) is 33.7 Å². The van der Waals surface area contributed by atoms with Crippen LogP contribution in [0.15, 0.2) is 31.0 Å². The van der Waals surface area contributed by atoms with Crippen LogP contribution in [0.5, 0.6) is 5.75 Å². The zero-order chi connectivity index (χ0) is 25.1. The fourth-order valence-electron chi connectivity index (χ4n) is 4.71. The van der Waals surface area contributed by atoms with Gasteiger partial charge in [-0.2, -0.15) is 0 Å². The van der Waals surface area contributed by atoms with Gasteiger partial charge in [-0.05, 0) is 63.9 Å². The minimum absolute atomic E-state index is 0.113. The molecule has 2 aliphatic heterocycles. The van der Waals surface area contributed by atoms with Crippen LogP contribution < -0.4 is 15.8 Å². The summed E-state index contributed by atoms with van der Waals surface area (Å²) in [5.41, 5.74) is 7.25. The molecule has 0 spiro atoms. The molecule has 3 N–H and O–H groups in total. The molecule has 2 amide bonds. The van der Waals surface area contributed by atoms with Gasteiger partial charge in [-0.1, -0.05) is 29.8 Å². The molecule has 0 bridgehead atoms. The zero-order valence-corrected chi connectivity index (χ0v) is 21.2. The predicted molar refractivity (Wildman–Crippen MR) is 137 cm³/mol. The molecule has 10 heteroatoms. The number of carbonyl (C=O) groups excluding carboxylic acids is 1. The van der Waals surface area contributed by atoms with Crippen molar-refractivity contribution in [2.45, 2.75) is 44.8 Å². The molecule has 188 valence electrons. The summed E-state index contributed by atoms with van der Waals surface area (Å²) in [4.78, 5) is 21.5. The maximum atomic E-state index is 14.0. The second kappa shape index (κ2) is 11.0. The number of carbonyl (C=O) groups is 1.